The van der Waals surface area contributed by atoms with Crippen molar-refractivity contribution in [1.82, 2.24) is 14.8 Å². The molecule has 1 aromatic carbocycles. The number of nitrogens with zero attached hydrogens (tertiary/aromatic N) is 3. The molecule has 0 aliphatic heterocycles. The van der Waals surface area contributed by atoms with Crippen LogP contribution < -0.4 is 0 Å². The summed E-state index contributed by atoms with van der Waals surface area (Å²) in [5.74, 6) is -1.02. The highest BCUT2D eigenvalue weighted by Gasteiger charge is 2.13. The number of thiazole rings is 1. The van der Waals surface area contributed by atoms with Gasteiger partial charge in [0.15, 0.2) is 5.69 Å². The molecule has 0 saturated heterocycles. The third-order valence-electron chi connectivity index (χ3n) is 2.73. The van der Waals surface area contributed by atoms with E-state index in [1.54, 1.807) is 34.6 Å². The third kappa shape index (κ3) is 1.67. The highest BCUT2D eigenvalue weighted by Crippen LogP contribution is 2.26. The quantitative estimate of drug-likeness (QED) is 0.767. The van der Waals surface area contributed by atoms with Crippen LogP contribution in [0.5, 0.6) is 0 Å². The lowest BCUT2D eigenvalue weighted by Gasteiger charge is -2.01. The van der Waals surface area contributed by atoms with Crippen LogP contribution in [-0.4, -0.2) is 25.8 Å². The minimum absolute atomic E-state index is 0.0527. The van der Waals surface area contributed by atoms with Gasteiger partial charge < -0.3 is 5.11 Å². The van der Waals surface area contributed by atoms with E-state index >= 15 is 0 Å². The van der Waals surface area contributed by atoms with Crippen molar-refractivity contribution in [2.75, 3.05) is 0 Å². The molecule has 0 bridgehead atoms. The van der Waals surface area contributed by atoms with Gasteiger partial charge in [-0.1, -0.05) is 6.07 Å². The van der Waals surface area contributed by atoms with E-state index in [0.717, 1.165) is 21.5 Å². The van der Waals surface area contributed by atoms with Crippen LogP contribution in [0.15, 0.2) is 29.8 Å². The van der Waals surface area contributed by atoms with Gasteiger partial charge in [-0.2, -0.15) is 5.10 Å². The van der Waals surface area contributed by atoms with Crippen LogP contribution in [0.4, 0.5) is 0 Å². The molecule has 1 N–H and O–H groups in total. The number of aromatic nitrogens is 3. The fourth-order valence-corrected chi connectivity index (χ4v) is 2.57. The van der Waals surface area contributed by atoms with Crippen LogP contribution in [0.2, 0.25) is 0 Å². The zero-order chi connectivity index (χ0) is 12.7. The summed E-state index contributed by atoms with van der Waals surface area (Å²) in [6.07, 6.45) is 0. The van der Waals surface area contributed by atoms with Gasteiger partial charge in [0.1, 0.15) is 0 Å². The largest absolute Gasteiger partial charge is 0.476 e. The maximum absolute atomic E-state index is 10.9. The fourth-order valence-electron chi connectivity index (χ4n) is 1.86. The Labute approximate surface area is 106 Å². The van der Waals surface area contributed by atoms with Crippen LogP contribution in [-0.2, 0) is 7.05 Å². The second kappa shape index (κ2) is 3.92. The Morgan fingerprint density at radius 3 is 2.94 bits per heavy atom. The molecule has 2 heterocycles. The standard InChI is InChI=1S/C12H9N3O2S/c1-15-10(5-9(14-15)12(16)17)7-2-3-8-11(4-7)18-6-13-8/h2-6H,1H3,(H,16,17). The minimum atomic E-state index is -1.02. The van der Waals surface area contributed by atoms with E-state index < -0.39 is 5.97 Å². The molecule has 6 heteroatoms. The number of benzene rings is 1. The van der Waals surface area contributed by atoms with E-state index in [1.165, 1.54) is 0 Å². The smallest absolute Gasteiger partial charge is 0.356 e. The van der Waals surface area contributed by atoms with Crippen molar-refractivity contribution in [2.45, 2.75) is 0 Å². The number of carboxylic acid groups (broad SMARTS) is 1. The maximum atomic E-state index is 10.9. The lowest BCUT2D eigenvalue weighted by atomic mass is 10.1. The van der Waals surface area contributed by atoms with Gasteiger partial charge in [0.2, 0.25) is 0 Å². The van der Waals surface area contributed by atoms with E-state index in [0.29, 0.717) is 0 Å². The third-order valence-corrected chi connectivity index (χ3v) is 3.52. The summed E-state index contributed by atoms with van der Waals surface area (Å²) in [5.41, 5.74) is 4.51. The second-order valence-electron chi connectivity index (χ2n) is 3.88. The molecule has 5 nitrogen and oxygen atoms in total. The number of hydrogen-bond donors (Lipinski definition) is 1. The second-order valence-corrected chi connectivity index (χ2v) is 4.76. The Morgan fingerprint density at radius 1 is 1.39 bits per heavy atom. The first-order valence-corrected chi connectivity index (χ1v) is 6.14. The lowest BCUT2D eigenvalue weighted by Crippen LogP contribution is -1.99. The Morgan fingerprint density at radius 2 is 2.22 bits per heavy atom. The van der Waals surface area contributed by atoms with Crippen molar-refractivity contribution in [3.63, 3.8) is 0 Å². The van der Waals surface area contributed by atoms with Crippen molar-refractivity contribution < 1.29 is 9.90 Å². The molecule has 0 radical (unpaired) electrons. The molecule has 0 atom stereocenters. The summed E-state index contributed by atoms with van der Waals surface area (Å²) in [7, 11) is 1.73. The highest BCUT2D eigenvalue weighted by molar-refractivity contribution is 7.16. The van der Waals surface area contributed by atoms with Crippen molar-refractivity contribution >= 4 is 27.5 Å². The summed E-state index contributed by atoms with van der Waals surface area (Å²) in [6.45, 7) is 0. The van der Waals surface area contributed by atoms with E-state index in [-0.39, 0.29) is 5.69 Å². The number of aryl methyl sites for hydroxylation is 1. The molecule has 0 unspecified atom stereocenters. The van der Waals surface area contributed by atoms with Gasteiger partial charge in [-0.3, -0.25) is 4.68 Å². The van der Waals surface area contributed by atoms with Gasteiger partial charge in [0.25, 0.3) is 0 Å². The Kier molecular flexibility index (Phi) is 2.38. The number of carbonyl (C=O) groups is 1. The highest BCUT2D eigenvalue weighted by atomic mass is 32.1. The molecule has 18 heavy (non-hydrogen) atoms. The summed E-state index contributed by atoms with van der Waals surface area (Å²) in [5, 5.41) is 12.9. The molecule has 0 fully saturated rings. The number of hydrogen-bond acceptors (Lipinski definition) is 4. The topological polar surface area (TPSA) is 68.0 Å². The van der Waals surface area contributed by atoms with E-state index in [9.17, 15) is 4.79 Å². The van der Waals surface area contributed by atoms with Crippen LogP contribution >= 0.6 is 11.3 Å². The molecule has 0 aliphatic carbocycles. The number of aromatic carboxylic acids is 1. The molecule has 0 saturated carbocycles. The Balaban J connectivity index is 2.15. The van der Waals surface area contributed by atoms with Gasteiger partial charge in [0.05, 0.1) is 21.4 Å². The van der Waals surface area contributed by atoms with E-state index in [2.05, 4.69) is 10.1 Å². The zero-order valence-corrected chi connectivity index (χ0v) is 10.3. The first-order chi connectivity index (χ1) is 8.65. The molecule has 3 aromatic rings. The van der Waals surface area contributed by atoms with Gasteiger partial charge in [-0.25, -0.2) is 9.78 Å². The van der Waals surface area contributed by atoms with E-state index in [4.69, 9.17) is 5.11 Å². The van der Waals surface area contributed by atoms with Crippen molar-refractivity contribution in [3.8, 4) is 11.3 Å². The predicted octanol–water partition coefficient (Wildman–Crippen LogP) is 2.40. The number of fused-ring (bicyclic) bond motifs is 1. The zero-order valence-electron chi connectivity index (χ0n) is 9.49. The van der Waals surface area contributed by atoms with Crippen LogP contribution in [0.25, 0.3) is 21.5 Å². The number of carboxylic acids is 1. The first kappa shape index (κ1) is 10.9. The minimum Gasteiger partial charge on any atom is -0.476 e. The van der Waals surface area contributed by atoms with Gasteiger partial charge in [-0.05, 0) is 18.2 Å². The molecular formula is C12H9N3O2S. The van der Waals surface area contributed by atoms with Gasteiger partial charge in [0, 0.05) is 12.6 Å². The summed E-state index contributed by atoms with van der Waals surface area (Å²) >= 11 is 1.56. The monoisotopic (exact) mass is 259 g/mol. The molecule has 0 aliphatic rings. The predicted molar refractivity (Wildman–Crippen MR) is 68.8 cm³/mol. The maximum Gasteiger partial charge on any atom is 0.356 e. The SMILES string of the molecule is Cn1nc(C(=O)O)cc1-c1ccc2ncsc2c1. The van der Waals surface area contributed by atoms with Gasteiger partial charge >= 0.3 is 5.97 Å². The van der Waals surface area contributed by atoms with Gasteiger partial charge in [-0.15, -0.1) is 11.3 Å². The molecule has 0 spiro atoms. The lowest BCUT2D eigenvalue weighted by molar-refractivity contribution is 0.0689. The van der Waals surface area contributed by atoms with Crippen molar-refractivity contribution in [1.29, 1.82) is 0 Å². The van der Waals surface area contributed by atoms with Crippen molar-refractivity contribution in [2.24, 2.45) is 7.05 Å². The van der Waals surface area contributed by atoms with Crippen LogP contribution in [0.1, 0.15) is 10.5 Å². The summed E-state index contributed by atoms with van der Waals surface area (Å²) in [6, 6.07) is 7.42. The molecule has 2 aromatic heterocycles. The Bertz CT molecular complexity index is 745. The average molecular weight is 259 g/mol. The normalized spacial score (nSPS) is 10.9. The number of rotatable bonds is 2. The molecular weight excluding hydrogens is 250 g/mol. The van der Waals surface area contributed by atoms with Crippen LogP contribution in [0.3, 0.4) is 0 Å². The first-order valence-electron chi connectivity index (χ1n) is 5.26. The average Bonchev–Trinajstić information content (AvgIpc) is 2.93. The summed E-state index contributed by atoms with van der Waals surface area (Å²) < 4.78 is 2.65. The molecule has 90 valence electrons. The van der Waals surface area contributed by atoms with Crippen molar-refractivity contribution in [3.05, 3.63) is 35.5 Å². The Hall–Kier alpha value is -2.21. The van der Waals surface area contributed by atoms with E-state index in [1.807, 2.05) is 18.2 Å². The molecule has 0 amide bonds. The fraction of sp³-hybridized carbons (Fsp3) is 0.0833. The summed E-state index contributed by atoms with van der Waals surface area (Å²) in [4.78, 5) is 15.1. The van der Waals surface area contributed by atoms with Crippen LogP contribution in [0, 0.1) is 0 Å². The molecule has 3 rings (SSSR count).